The van der Waals surface area contributed by atoms with Crippen LogP contribution >= 0.6 is 11.6 Å². The highest BCUT2D eigenvalue weighted by molar-refractivity contribution is 6.33. The summed E-state index contributed by atoms with van der Waals surface area (Å²) in [6.45, 7) is 0.831. The number of ether oxygens (including phenoxy) is 1. The molecule has 8 heteroatoms. The van der Waals surface area contributed by atoms with Crippen molar-refractivity contribution >= 4 is 11.6 Å². The van der Waals surface area contributed by atoms with Crippen molar-refractivity contribution in [1.29, 1.82) is 0 Å². The predicted octanol–water partition coefficient (Wildman–Crippen LogP) is 4.66. The number of hydrogen-bond donors (Lipinski definition) is 0. The first-order chi connectivity index (χ1) is 13.7. The van der Waals surface area contributed by atoms with Gasteiger partial charge in [-0.2, -0.15) is 4.98 Å². The molecular weight excluding hydrogens is 383 g/mol. The van der Waals surface area contributed by atoms with Crippen molar-refractivity contribution in [3.8, 4) is 23.0 Å². The molecule has 0 bridgehead atoms. The average molecular weight is 397 g/mol. The van der Waals surface area contributed by atoms with Crippen LogP contribution in [0.25, 0.3) is 23.0 Å². The molecule has 2 aromatic carbocycles. The highest BCUT2D eigenvalue weighted by Crippen LogP contribution is 2.33. The first-order valence-electron chi connectivity index (χ1n) is 8.69. The van der Waals surface area contributed by atoms with Crippen LogP contribution in [-0.4, -0.2) is 19.7 Å². The van der Waals surface area contributed by atoms with Gasteiger partial charge in [0.15, 0.2) is 5.69 Å². The molecule has 1 aliphatic rings. The summed E-state index contributed by atoms with van der Waals surface area (Å²) in [5.41, 5.74) is 2.89. The van der Waals surface area contributed by atoms with Crippen LogP contribution in [0.4, 0.5) is 4.39 Å². The summed E-state index contributed by atoms with van der Waals surface area (Å²) in [5, 5.41) is 4.57. The van der Waals surface area contributed by atoms with Gasteiger partial charge in [-0.25, -0.2) is 9.37 Å². The predicted molar refractivity (Wildman–Crippen MR) is 99.9 cm³/mol. The molecule has 1 aliphatic heterocycles. The third kappa shape index (κ3) is 2.98. The van der Waals surface area contributed by atoms with Gasteiger partial charge in [-0.15, -0.1) is 0 Å². The molecule has 0 N–H and O–H groups in total. The molecule has 0 saturated heterocycles. The Balaban J connectivity index is 1.44. The van der Waals surface area contributed by atoms with E-state index >= 15 is 0 Å². The molecule has 0 unspecified atom stereocenters. The Morgan fingerprint density at radius 2 is 2.04 bits per heavy atom. The zero-order chi connectivity index (χ0) is 19.1. The Morgan fingerprint density at radius 1 is 1.14 bits per heavy atom. The third-order valence-corrected chi connectivity index (χ3v) is 5.02. The van der Waals surface area contributed by atoms with Gasteiger partial charge in [0.05, 0.1) is 30.2 Å². The SMILES string of the molecule is Fc1cccc([C@@H]2Cn3cnc(-c4nc(-c5ccccc5Cl)no4)c3CO2)c1. The zero-order valence-electron chi connectivity index (χ0n) is 14.5. The molecule has 4 aromatic rings. The first-order valence-corrected chi connectivity index (χ1v) is 9.07. The summed E-state index contributed by atoms with van der Waals surface area (Å²) in [7, 11) is 0. The van der Waals surface area contributed by atoms with E-state index in [9.17, 15) is 4.39 Å². The Kier molecular flexibility index (Phi) is 4.18. The van der Waals surface area contributed by atoms with E-state index in [1.165, 1.54) is 12.1 Å². The van der Waals surface area contributed by atoms with Crippen molar-refractivity contribution < 1.29 is 13.7 Å². The maximum atomic E-state index is 13.5. The molecule has 5 rings (SSSR count). The average Bonchev–Trinajstić information content (AvgIpc) is 3.34. The minimum absolute atomic E-state index is 0.244. The molecule has 0 amide bonds. The van der Waals surface area contributed by atoms with E-state index in [0.29, 0.717) is 41.1 Å². The lowest BCUT2D eigenvalue weighted by Gasteiger charge is -2.25. The van der Waals surface area contributed by atoms with E-state index in [1.807, 2.05) is 28.8 Å². The van der Waals surface area contributed by atoms with Crippen LogP contribution in [0.15, 0.2) is 59.4 Å². The number of benzene rings is 2. The van der Waals surface area contributed by atoms with Gasteiger partial charge in [0.25, 0.3) is 5.89 Å². The molecule has 3 heterocycles. The van der Waals surface area contributed by atoms with Crippen molar-refractivity contribution in [3.63, 3.8) is 0 Å². The van der Waals surface area contributed by atoms with Crippen LogP contribution in [0.3, 0.4) is 0 Å². The monoisotopic (exact) mass is 396 g/mol. The molecule has 0 saturated carbocycles. The van der Waals surface area contributed by atoms with Gasteiger partial charge in [0.2, 0.25) is 5.82 Å². The second-order valence-electron chi connectivity index (χ2n) is 6.45. The van der Waals surface area contributed by atoms with Crippen LogP contribution < -0.4 is 0 Å². The zero-order valence-corrected chi connectivity index (χ0v) is 15.3. The lowest BCUT2D eigenvalue weighted by atomic mass is 10.1. The molecule has 0 radical (unpaired) electrons. The molecule has 1 atom stereocenters. The van der Waals surface area contributed by atoms with Gasteiger partial charge >= 0.3 is 0 Å². The molecule has 6 nitrogen and oxygen atoms in total. The largest absolute Gasteiger partial charge is 0.365 e. The fourth-order valence-electron chi connectivity index (χ4n) is 3.29. The first kappa shape index (κ1) is 17.1. The summed E-state index contributed by atoms with van der Waals surface area (Å²) >= 11 is 6.21. The van der Waals surface area contributed by atoms with Crippen LogP contribution in [0, 0.1) is 5.82 Å². The summed E-state index contributed by atoms with van der Waals surface area (Å²) < 4.78 is 26.8. The number of nitrogens with zero attached hydrogens (tertiary/aromatic N) is 4. The van der Waals surface area contributed by atoms with E-state index in [2.05, 4.69) is 15.1 Å². The van der Waals surface area contributed by atoms with Gasteiger partial charge in [-0.3, -0.25) is 0 Å². The maximum Gasteiger partial charge on any atom is 0.278 e. The summed E-state index contributed by atoms with van der Waals surface area (Å²) in [4.78, 5) is 8.86. The highest BCUT2D eigenvalue weighted by Gasteiger charge is 2.27. The van der Waals surface area contributed by atoms with E-state index < -0.39 is 0 Å². The standard InChI is InChI=1S/C20H14ClFN4O2/c21-15-7-2-1-6-14(15)19-24-20(28-25-19)18-16-10-27-17(9-26(16)11-23-18)12-4-3-5-13(22)8-12/h1-8,11,17H,9-10H2/t17-/m0/s1. The van der Waals surface area contributed by atoms with Crippen molar-refractivity contribution in [2.75, 3.05) is 0 Å². The number of hydrogen-bond acceptors (Lipinski definition) is 5. The number of halogens is 2. The van der Waals surface area contributed by atoms with Crippen molar-refractivity contribution in [2.24, 2.45) is 0 Å². The van der Waals surface area contributed by atoms with Gasteiger partial charge < -0.3 is 13.8 Å². The van der Waals surface area contributed by atoms with Gasteiger partial charge in [0, 0.05) is 5.56 Å². The van der Waals surface area contributed by atoms with Crippen LogP contribution in [-0.2, 0) is 17.9 Å². The summed E-state index contributed by atoms with van der Waals surface area (Å²) in [5.74, 6) is 0.421. The highest BCUT2D eigenvalue weighted by atomic mass is 35.5. The molecule has 140 valence electrons. The lowest BCUT2D eigenvalue weighted by Crippen LogP contribution is -2.20. The van der Waals surface area contributed by atoms with Gasteiger partial charge in [-0.1, -0.05) is 41.0 Å². The lowest BCUT2D eigenvalue weighted by molar-refractivity contribution is 0.00314. The fraction of sp³-hybridized carbons (Fsp3) is 0.150. The van der Waals surface area contributed by atoms with Crippen LogP contribution in [0.1, 0.15) is 17.4 Å². The van der Waals surface area contributed by atoms with E-state index in [1.54, 1.807) is 18.5 Å². The number of imidazole rings is 1. The molecular formula is C20H14ClFN4O2. The van der Waals surface area contributed by atoms with Crippen LogP contribution in [0.2, 0.25) is 5.02 Å². The van der Waals surface area contributed by atoms with Crippen molar-refractivity contribution in [1.82, 2.24) is 19.7 Å². The fourth-order valence-corrected chi connectivity index (χ4v) is 3.51. The smallest absolute Gasteiger partial charge is 0.278 e. The van der Waals surface area contributed by atoms with E-state index in [-0.39, 0.29) is 11.9 Å². The third-order valence-electron chi connectivity index (χ3n) is 4.69. The minimum atomic E-state index is -0.281. The van der Waals surface area contributed by atoms with E-state index in [0.717, 1.165) is 11.3 Å². The normalized spacial score (nSPS) is 16.1. The van der Waals surface area contributed by atoms with Crippen molar-refractivity contribution in [2.45, 2.75) is 19.3 Å². The minimum Gasteiger partial charge on any atom is -0.365 e. The quantitative estimate of drug-likeness (QED) is 0.503. The van der Waals surface area contributed by atoms with Gasteiger partial charge in [-0.05, 0) is 29.8 Å². The Hall–Kier alpha value is -3.03. The molecule has 0 aliphatic carbocycles. The Labute approximate surface area is 164 Å². The second-order valence-corrected chi connectivity index (χ2v) is 6.86. The number of fused-ring (bicyclic) bond motifs is 1. The maximum absolute atomic E-state index is 13.5. The Morgan fingerprint density at radius 3 is 2.89 bits per heavy atom. The second kappa shape index (κ2) is 6.85. The molecule has 0 fully saturated rings. The number of rotatable bonds is 3. The Bertz CT molecular complexity index is 1160. The molecule has 28 heavy (non-hydrogen) atoms. The van der Waals surface area contributed by atoms with E-state index in [4.69, 9.17) is 20.9 Å². The summed E-state index contributed by atoms with van der Waals surface area (Å²) in [6.07, 6.45) is 1.46. The van der Waals surface area contributed by atoms with Crippen molar-refractivity contribution in [3.05, 3.63) is 77.0 Å². The number of aromatic nitrogens is 4. The summed E-state index contributed by atoms with van der Waals surface area (Å²) in [6, 6.07) is 13.7. The molecule has 0 spiro atoms. The van der Waals surface area contributed by atoms with Gasteiger partial charge in [0.1, 0.15) is 11.9 Å². The topological polar surface area (TPSA) is 66.0 Å². The van der Waals surface area contributed by atoms with Crippen LogP contribution in [0.5, 0.6) is 0 Å². The molecule has 2 aromatic heterocycles.